The quantitative estimate of drug-likeness (QED) is 0.658. The molecule has 0 saturated heterocycles. The van der Waals surface area contributed by atoms with Crippen LogP contribution >= 0.6 is 0 Å². The van der Waals surface area contributed by atoms with Gasteiger partial charge in [-0.3, -0.25) is 0 Å². The summed E-state index contributed by atoms with van der Waals surface area (Å²) in [5.41, 5.74) is 2.06. The van der Waals surface area contributed by atoms with Gasteiger partial charge in [-0.05, 0) is 58.0 Å². The molecule has 0 spiro atoms. The molecule has 0 fully saturated rings. The SMILES string of the molecule is CCOC(C)(C1=CCC=C1)C1=CCC=C1O[Si](C)(C)C. The Labute approximate surface area is 124 Å². The molecule has 0 aromatic rings. The molecule has 3 heteroatoms. The second-order valence-electron chi connectivity index (χ2n) is 6.40. The smallest absolute Gasteiger partial charge is 0.242 e. The Balaban J connectivity index is 2.30. The lowest BCUT2D eigenvalue weighted by atomic mass is 9.87. The van der Waals surface area contributed by atoms with Crippen molar-refractivity contribution in [2.75, 3.05) is 6.61 Å². The van der Waals surface area contributed by atoms with Crippen molar-refractivity contribution in [1.82, 2.24) is 0 Å². The molecule has 0 aliphatic heterocycles. The highest BCUT2D eigenvalue weighted by atomic mass is 28.4. The van der Waals surface area contributed by atoms with Crippen LogP contribution in [0.1, 0.15) is 26.7 Å². The summed E-state index contributed by atoms with van der Waals surface area (Å²) in [5.74, 6) is 1.03. The van der Waals surface area contributed by atoms with Crippen molar-refractivity contribution < 1.29 is 9.16 Å². The van der Waals surface area contributed by atoms with Crippen LogP contribution in [0.5, 0.6) is 0 Å². The topological polar surface area (TPSA) is 18.5 Å². The Hall–Kier alpha value is -1.06. The molecular formula is C17H26O2Si. The van der Waals surface area contributed by atoms with Gasteiger partial charge < -0.3 is 9.16 Å². The molecule has 2 aliphatic carbocycles. The highest BCUT2D eigenvalue weighted by Crippen LogP contribution is 2.40. The summed E-state index contributed by atoms with van der Waals surface area (Å²) in [6.45, 7) is 11.6. The molecule has 0 amide bonds. The van der Waals surface area contributed by atoms with Crippen molar-refractivity contribution in [3.8, 4) is 0 Å². The Bertz CT molecular complexity index is 492. The average molecular weight is 290 g/mol. The molecule has 0 N–H and O–H groups in total. The lowest BCUT2D eigenvalue weighted by Gasteiger charge is -2.35. The number of rotatable bonds is 6. The molecule has 0 aromatic carbocycles. The van der Waals surface area contributed by atoms with E-state index in [1.54, 1.807) is 0 Å². The average Bonchev–Trinajstić information content (AvgIpc) is 2.96. The van der Waals surface area contributed by atoms with E-state index in [4.69, 9.17) is 9.16 Å². The van der Waals surface area contributed by atoms with Gasteiger partial charge in [0.2, 0.25) is 8.32 Å². The van der Waals surface area contributed by atoms with E-state index in [-0.39, 0.29) is 5.60 Å². The maximum absolute atomic E-state index is 6.26. The number of hydrogen-bond acceptors (Lipinski definition) is 2. The first-order chi connectivity index (χ1) is 9.37. The monoisotopic (exact) mass is 290 g/mol. The summed E-state index contributed by atoms with van der Waals surface area (Å²) >= 11 is 0. The van der Waals surface area contributed by atoms with Crippen molar-refractivity contribution in [2.45, 2.75) is 51.9 Å². The molecule has 1 atom stereocenters. The van der Waals surface area contributed by atoms with Gasteiger partial charge in [0.05, 0.1) is 0 Å². The fraction of sp³-hybridized carbons (Fsp3) is 0.529. The van der Waals surface area contributed by atoms with Crippen molar-refractivity contribution in [3.05, 3.63) is 47.3 Å². The first kappa shape index (κ1) is 15.3. The van der Waals surface area contributed by atoms with Gasteiger partial charge >= 0.3 is 0 Å². The minimum atomic E-state index is -1.61. The molecule has 0 saturated carbocycles. The van der Waals surface area contributed by atoms with E-state index in [1.165, 1.54) is 11.1 Å². The summed E-state index contributed by atoms with van der Waals surface area (Å²) < 4.78 is 12.4. The highest BCUT2D eigenvalue weighted by Gasteiger charge is 2.38. The fourth-order valence-corrected chi connectivity index (χ4v) is 3.62. The van der Waals surface area contributed by atoms with Gasteiger partial charge in [-0.15, -0.1) is 0 Å². The normalized spacial score (nSPS) is 21.4. The van der Waals surface area contributed by atoms with E-state index in [0.717, 1.165) is 18.6 Å². The van der Waals surface area contributed by atoms with E-state index < -0.39 is 8.32 Å². The largest absolute Gasteiger partial charge is 0.544 e. The van der Waals surface area contributed by atoms with Crippen molar-refractivity contribution in [3.63, 3.8) is 0 Å². The third kappa shape index (κ3) is 3.15. The molecule has 1 unspecified atom stereocenters. The van der Waals surface area contributed by atoms with E-state index in [2.05, 4.69) is 63.9 Å². The van der Waals surface area contributed by atoms with Crippen molar-refractivity contribution in [2.24, 2.45) is 0 Å². The van der Waals surface area contributed by atoms with Gasteiger partial charge in [0, 0.05) is 12.2 Å². The maximum atomic E-state index is 6.26. The van der Waals surface area contributed by atoms with Gasteiger partial charge in [0.1, 0.15) is 11.4 Å². The van der Waals surface area contributed by atoms with E-state index in [0.29, 0.717) is 6.61 Å². The van der Waals surface area contributed by atoms with E-state index in [1.807, 2.05) is 0 Å². The summed E-state index contributed by atoms with van der Waals surface area (Å²) in [6.07, 6.45) is 13.0. The zero-order valence-corrected chi connectivity index (χ0v) is 14.3. The minimum Gasteiger partial charge on any atom is -0.544 e. The summed E-state index contributed by atoms with van der Waals surface area (Å²) in [4.78, 5) is 0. The van der Waals surface area contributed by atoms with Crippen LogP contribution in [-0.4, -0.2) is 20.5 Å². The van der Waals surface area contributed by atoms with Crippen LogP contribution in [0.25, 0.3) is 0 Å². The zero-order valence-electron chi connectivity index (χ0n) is 13.3. The third-order valence-corrected chi connectivity index (χ3v) is 4.41. The molecule has 0 radical (unpaired) electrons. The second kappa shape index (κ2) is 5.74. The Morgan fingerprint density at radius 1 is 1.15 bits per heavy atom. The van der Waals surface area contributed by atoms with Gasteiger partial charge in [-0.1, -0.05) is 24.3 Å². The van der Waals surface area contributed by atoms with Crippen LogP contribution in [0.3, 0.4) is 0 Å². The van der Waals surface area contributed by atoms with E-state index >= 15 is 0 Å². The Morgan fingerprint density at radius 3 is 2.45 bits per heavy atom. The lowest BCUT2D eigenvalue weighted by molar-refractivity contribution is 0.0342. The van der Waals surface area contributed by atoms with Gasteiger partial charge in [0.25, 0.3) is 0 Å². The second-order valence-corrected chi connectivity index (χ2v) is 10.8. The molecule has 20 heavy (non-hydrogen) atoms. The highest BCUT2D eigenvalue weighted by molar-refractivity contribution is 6.70. The van der Waals surface area contributed by atoms with Crippen LogP contribution in [0, 0.1) is 0 Å². The van der Waals surface area contributed by atoms with E-state index in [9.17, 15) is 0 Å². The molecular weight excluding hydrogens is 264 g/mol. The van der Waals surface area contributed by atoms with Gasteiger partial charge in [-0.2, -0.15) is 0 Å². The minimum absolute atomic E-state index is 0.385. The van der Waals surface area contributed by atoms with Crippen LogP contribution in [0.2, 0.25) is 19.6 Å². The summed E-state index contributed by atoms with van der Waals surface area (Å²) in [5, 5.41) is 0. The molecule has 2 nitrogen and oxygen atoms in total. The first-order valence-electron chi connectivity index (χ1n) is 7.48. The molecule has 0 aromatic heterocycles. The van der Waals surface area contributed by atoms with Crippen LogP contribution in [0.4, 0.5) is 0 Å². The van der Waals surface area contributed by atoms with Gasteiger partial charge in [0.15, 0.2) is 0 Å². The third-order valence-electron chi connectivity index (χ3n) is 3.58. The molecule has 2 aliphatic rings. The molecule has 0 heterocycles. The Kier molecular flexibility index (Phi) is 4.40. The molecule has 2 rings (SSSR count). The summed E-state index contributed by atoms with van der Waals surface area (Å²) in [7, 11) is -1.61. The zero-order chi connectivity index (χ0) is 14.8. The van der Waals surface area contributed by atoms with Crippen molar-refractivity contribution in [1.29, 1.82) is 0 Å². The predicted molar refractivity (Wildman–Crippen MR) is 87.1 cm³/mol. The van der Waals surface area contributed by atoms with Crippen molar-refractivity contribution >= 4 is 8.32 Å². The molecule has 110 valence electrons. The molecule has 0 bridgehead atoms. The number of allylic oxidation sites excluding steroid dienone is 4. The summed E-state index contributed by atoms with van der Waals surface area (Å²) in [6, 6.07) is 0. The lowest BCUT2D eigenvalue weighted by Crippen LogP contribution is -2.36. The number of ether oxygens (including phenoxy) is 1. The van der Waals surface area contributed by atoms with Crippen LogP contribution in [0.15, 0.2) is 47.3 Å². The number of hydrogen-bond donors (Lipinski definition) is 0. The first-order valence-corrected chi connectivity index (χ1v) is 10.9. The Morgan fingerprint density at radius 2 is 1.90 bits per heavy atom. The predicted octanol–water partition coefficient (Wildman–Crippen LogP) is 4.73. The standard InChI is InChI=1S/C17H26O2Si/c1-6-18-17(2,14-10-7-8-11-14)15-12-9-13-16(15)19-20(3,4)5/h7,10-13H,6,8-9H2,1-5H3. The maximum Gasteiger partial charge on any atom is 0.242 e. The van der Waals surface area contributed by atoms with Crippen LogP contribution < -0.4 is 0 Å². The fourth-order valence-electron chi connectivity index (χ4n) is 2.77. The van der Waals surface area contributed by atoms with Gasteiger partial charge in [-0.25, -0.2) is 0 Å². The van der Waals surface area contributed by atoms with Crippen LogP contribution in [-0.2, 0) is 9.16 Å².